The molecule has 5 amide bonds. The summed E-state index contributed by atoms with van der Waals surface area (Å²) >= 11 is 0. The average Bonchev–Trinajstić information content (AvgIpc) is 3.28. The number of carbonyl (C=O) groups excluding carboxylic acids is 4. The number of carbonyl (C=O) groups is 4. The Labute approximate surface area is 197 Å². The van der Waals surface area contributed by atoms with Crippen LogP contribution < -0.4 is 5.32 Å². The van der Waals surface area contributed by atoms with Gasteiger partial charge in [-0.1, -0.05) is 72.8 Å². The molecule has 0 bridgehead atoms. The zero-order chi connectivity index (χ0) is 23.7. The minimum atomic E-state index is -1.29. The van der Waals surface area contributed by atoms with Gasteiger partial charge in [0, 0.05) is 13.1 Å². The van der Waals surface area contributed by atoms with Crippen LogP contribution in [0.5, 0.6) is 0 Å². The van der Waals surface area contributed by atoms with Crippen molar-refractivity contribution in [1.29, 1.82) is 0 Å². The topological polar surface area (TPSA) is 86.8 Å². The van der Waals surface area contributed by atoms with Gasteiger partial charge >= 0.3 is 6.03 Å². The molecule has 2 heterocycles. The van der Waals surface area contributed by atoms with Gasteiger partial charge in [-0.15, -0.1) is 0 Å². The van der Waals surface area contributed by atoms with Crippen molar-refractivity contribution >= 4 is 23.8 Å². The number of nitrogens with zero attached hydrogens (tertiary/aromatic N) is 2. The molecule has 0 aliphatic carbocycles. The Morgan fingerprint density at radius 3 is 1.53 bits per heavy atom. The molecule has 0 saturated carbocycles. The van der Waals surface area contributed by atoms with E-state index in [1.807, 2.05) is 60.7 Å². The van der Waals surface area contributed by atoms with Crippen molar-refractivity contribution in [2.45, 2.75) is 18.4 Å². The van der Waals surface area contributed by atoms with Crippen LogP contribution in [-0.4, -0.2) is 46.6 Å². The van der Waals surface area contributed by atoms with E-state index in [0.717, 1.165) is 0 Å². The maximum absolute atomic E-state index is 13.7. The second-order valence-corrected chi connectivity index (χ2v) is 8.38. The monoisotopic (exact) mass is 453 g/mol. The van der Waals surface area contributed by atoms with Crippen molar-refractivity contribution < 1.29 is 19.2 Å². The van der Waals surface area contributed by atoms with Crippen molar-refractivity contribution in [1.82, 2.24) is 15.1 Å². The van der Waals surface area contributed by atoms with Crippen LogP contribution in [0.3, 0.4) is 0 Å². The lowest BCUT2D eigenvalue weighted by Gasteiger charge is -2.28. The lowest BCUT2D eigenvalue weighted by atomic mass is 9.82. The standard InChI is InChI=1S/C27H23N3O4/c31-23-21-15-7-8-16-22(21)24(32)29(23)17-9-10-18-30-25(33)27(28-26(30)34,19-11-3-1-4-12-19)20-13-5-2-6-14-20/h1-8,11-16H,9-10,17-18H2,(H,28,34). The second kappa shape index (κ2) is 8.59. The zero-order valence-corrected chi connectivity index (χ0v) is 18.4. The number of rotatable bonds is 7. The normalized spacial score (nSPS) is 16.7. The Bertz CT molecular complexity index is 1200. The lowest BCUT2D eigenvalue weighted by Crippen LogP contribution is -2.45. The third-order valence-electron chi connectivity index (χ3n) is 6.41. The molecule has 7 nitrogen and oxygen atoms in total. The molecule has 0 unspecified atom stereocenters. The number of nitrogens with one attached hydrogen (secondary N) is 1. The quantitative estimate of drug-likeness (QED) is 0.337. The van der Waals surface area contributed by atoms with Crippen LogP contribution in [0.15, 0.2) is 84.9 Å². The highest BCUT2D eigenvalue weighted by atomic mass is 16.2. The van der Waals surface area contributed by atoms with Gasteiger partial charge in [0.15, 0.2) is 5.54 Å². The number of fused-ring (bicyclic) bond motifs is 1. The maximum atomic E-state index is 13.7. The number of hydrogen-bond donors (Lipinski definition) is 1. The molecule has 2 aliphatic heterocycles. The Hall–Kier alpha value is -4.26. The molecular weight excluding hydrogens is 430 g/mol. The number of imide groups is 2. The largest absolute Gasteiger partial charge is 0.325 e. The SMILES string of the molecule is O=C1NC(c2ccccc2)(c2ccccc2)C(=O)N1CCCCN1C(=O)c2ccccc2C1=O. The van der Waals surface area contributed by atoms with Crippen molar-refractivity contribution in [3.63, 3.8) is 0 Å². The number of amides is 5. The van der Waals surface area contributed by atoms with E-state index in [4.69, 9.17) is 0 Å². The van der Waals surface area contributed by atoms with Crippen LogP contribution in [0.4, 0.5) is 4.79 Å². The third kappa shape index (κ3) is 3.37. The fraction of sp³-hybridized carbons (Fsp3) is 0.185. The van der Waals surface area contributed by atoms with E-state index in [2.05, 4.69) is 5.32 Å². The smallest absolute Gasteiger partial charge is 0.315 e. The number of urea groups is 1. The van der Waals surface area contributed by atoms with Gasteiger partial charge in [-0.05, 0) is 36.1 Å². The summed E-state index contributed by atoms with van der Waals surface area (Å²) in [4.78, 5) is 54.1. The molecule has 34 heavy (non-hydrogen) atoms. The fourth-order valence-electron chi connectivity index (χ4n) is 4.70. The lowest BCUT2D eigenvalue weighted by molar-refractivity contribution is -0.130. The molecule has 170 valence electrons. The molecule has 2 aliphatic rings. The molecule has 0 spiro atoms. The van der Waals surface area contributed by atoms with Gasteiger partial charge < -0.3 is 5.32 Å². The predicted octanol–water partition coefficient (Wildman–Crippen LogP) is 3.56. The summed E-state index contributed by atoms with van der Waals surface area (Å²) in [5.41, 5.74) is 0.914. The molecule has 1 fully saturated rings. The van der Waals surface area contributed by atoms with E-state index in [1.54, 1.807) is 24.3 Å². The van der Waals surface area contributed by atoms with Crippen LogP contribution >= 0.6 is 0 Å². The Kier molecular flexibility index (Phi) is 5.45. The van der Waals surface area contributed by atoms with Crippen LogP contribution in [0.25, 0.3) is 0 Å². The fourth-order valence-corrected chi connectivity index (χ4v) is 4.70. The van der Waals surface area contributed by atoms with Gasteiger partial charge in [-0.3, -0.25) is 24.2 Å². The van der Waals surface area contributed by atoms with Gasteiger partial charge in [0.05, 0.1) is 11.1 Å². The molecule has 0 radical (unpaired) electrons. The molecule has 7 heteroatoms. The van der Waals surface area contributed by atoms with Gasteiger partial charge in [-0.2, -0.15) is 0 Å². The first-order valence-electron chi connectivity index (χ1n) is 11.2. The van der Waals surface area contributed by atoms with Crippen LogP contribution in [0.2, 0.25) is 0 Å². The van der Waals surface area contributed by atoms with E-state index < -0.39 is 11.6 Å². The Morgan fingerprint density at radius 2 is 1.03 bits per heavy atom. The van der Waals surface area contributed by atoms with Crippen molar-refractivity contribution in [2.24, 2.45) is 0 Å². The summed E-state index contributed by atoms with van der Waals surface area (Å²) in [6.07, 6.45) is 0.943. The predicted molar refractivity (Wildman–Crippen MR) is 125 cm³/mol. The molecule has 3 aromatic rings. The number of hydrogen-bond acceptors (Lipinski definition) is 4. The minimum absolute atomic E-state index is 0.190. The van der Waals surface area contributed by atoms with Crippen LogP contribution in [0, 0.1) is 0 Å². The first-order chi connectivity index (χ1) is 16.5. The summed E-state index contributed by atoms with van der Waals surface area (Å²) < 4.78 is 0. The third-order valence-corrected chi connectivity index (χ3v) is 6.41. The van der Waals surface area contributed by atoms with E-state index in [9.17, 15) is 19.2 Å². The molecular formula is C27H23N3O4. The number of unbranched alkanes of at least 4 members (excludes halogenated alkanes) is 1. The summed E-state index contributed by atoms with van der Waals surface area (Å²) in [6, 6.07) is 24.7. The molecule has 1 saturated heterocycles. The molecule has 0 aromatic heterocycles. The van der Waals surface area contributed by atoms with Crippen molar-refractivity contribution in [3.8, 4) is 0 Å². The van der Waals surface area contributed by atoms with Gasteiger partial charge in [0.1, 0.15) is 0 Å². The number of benzene rings is 3. The summed E-state index contributed by atoms with van der Waals surface area (Å²) in [7, 11) is 0. The Morgan fingerprint density at radius 1 is 0.588 bits per heavy atom. The Balaban J connectivity index is 1.29. The van der Waals surface area contributed by atoms with Gasteiger partial charge in [0.2, 0.25) is 0 Å². The van der Waals surface area contributed by atoms with Crippen molar-refractivity contribution in [2.75, 3.05) is 13.1 Å². The molecule has 1 N–H and O–H groups in total. The van der Waals surface area contributed by atoms with Crippen LogP contribution in [-0.2, 0) is 10.3 Å². The highest BCUT2D eigenvalue weighted by Crippen LogP contribution is 2.36. The van der Waals surface area contributed by atoms with Gasteiger partial charge in [-0.25, -0.2) is 4.79 Å². The van der Waals surface area contributed by atoms with E-state index in [1.165, 1.54) is 9.80 Å². The van der Waals surface area contributed by atoms with E-state index in [0.29, 0.717) is 35.1 Å². The van der Waals surface area contributed by atoms with E-state index in [-0.39, 0.29) is 30.8 Å². The molecule has 3 aromatic carbocycles. The zero-order valence-electron chi connectivity index (χ0n) is 18.4. The first kappa shape index (κ1) is 21.6. The summed E-state index contributed by atoms with van der Waals surface area (Å²) in [6.45, 7) is 0.424. The van der Waals surface area contributed by atoms with Gasteiger partial charge in [0.25, 0.3) is 17.7 Å². The van der Waals surface area contributed by atoms with Crippen LogP contribution in [0.1, 0.15) is 44.7 Å². The minimum Gasteiger partial charge on any atom is -0.315 e. The highest BCUT2D eigenvalue weighted by molar-refractivity contribution is 6.21. The van der Waals surface area contributed by atoms with Crippen molar-refractivity contribution in [3.05, 3.63) is 107 Å². The second-order valence-electron chi connectivity index (χ2n) is 8.38. The highest BCUT2D eigenvalue weighted by Gasteiger charge is 2.53. The summed E-state index contributed by atoms with van der Waals surface area (Å²) in [5, 5.41) is 2.93. The maximum Gasteiger partial charge on any atom is 0.325 e. The summed E-state index contributed by atoms with van der Waals surface area (Å²) in [5.74, 6) is -0.943. The molecule has 0 atom stereocenters. The first-order valence-corrected chi connectivity index (χ1v) is 11.2. The average molecular weight is 453 g/mol. The van der Waals surface area contributed by atoms with E-state index >= 15 is 0 Å². The molecule has 5 rings (SSSR count).